The zero-order valence-corrected chi connectivity index (χ0v) is 14.1. The largest absolute Gasteiger partial charge is 0.493 e. The molecule has 0 fully saturated rings. The molecule has 6 heteroatoms. The molecule has 0 saturated heterocycles. The molecule has 0 aliphatic carbocycles. The Kier molecular flexibility index (Phi) is 5.79. The molecule has 0 heterocycles. The summed E-state index contributed by atoms with van der Waals surface area (Å²) >= 11 is 0. The van der Waals surface area contributed by atoms with Gasteiger partial charge < -0.3 is 19.3 Å². The average molecular weight is 342 g/mol. The van der Waals surface area contributed by atoms with Crippen LogP contribution in [0.1, 0.15) is 26.3 Å². The van der Waals surface area contributed by atoms with Gasteiger partial charge in [-0.15, -0.1) is 0 Å². The fourth-order valence-electron chi connectivity index (χ4n) is 2.34. The van der Waals surface area contributed by atoms with Crippen molar-refractivity contribution in [1.82, 2.24) is 0 Å². The van der Waals surface area contributed by atoms with Crippen LogP contribution in [0.25, 0.3) is 6.08 Å². The van der Waals surface area contributed by atoms with Crippen molar-refractivity contribution in [3.8, 4) is 17.2 Å². The van der Waals surface area contributed by atoms with Gasteiger partial charge in [0, 0.05) is 5.56 Å². The summed E-state index contributed by atoms with van der Waals surface area (Å²) in [6.45, 7) is 0. The second kappa shape index (κ2) is 8.01. The van der Waals surface area contributed by atoms with Gasteiger partial charge >= 0.3 is 5.97 Å². The highest BCUT2D eigenvalue weighted by molar-refractivity contribution is 6.12. The molecule has 0 aromatic heterocycles. The van der Waals surface area contributed by atoms with Gasteiger partial charge in [-0.05, 0) is 29.8 Å². The Morgan fingerprint density at radius 1 is 0.920 bits per heavy atom. The summed E-state index contributed by atoms with van der Waals surface area (Å²) in [5.74, 6) is -0.193. The van der Waals surface area contributed by atoms with Crippen molar-refractivity contribution in [3.05, 3.63) is 59.2 Å². The van der Waals surface area contributed by atoms with Gasteiger partial charge in [-0.3, -0.25) is 4.79 Å². The van der Waals surface area contributed by atoms with Crippen molar-refractivity contribution in [2.75, 3.05) is 21.3 Å². The smallest absolute Gasteiger partial charge is 0.336 e. The zero-order chi connectivity index (χ0) is 18.4. The van der Waals surface area contributed by atoms with E-state index in [-0.39, 0.29) is 11.1 Å². The van der Waals surface area contributed by atoms with Crippen LogP contribution in [-0.2, 0) is 0 Å². The van der Waals surface area contributed by atoms with Crippen LogP contribution in [0.4, 0.5) is 0 Å². The normalized spacial score (nSPS) is 10.5. The monoisotopic (exact) mass is 342 g/mol. The number of carbonyl (C=O) groups is 2. The minimum absolute atomic E-state index is 0.0398. The molecule has 0 bridgehead atoms. The number of rotatable bonds is 7. The number of ketones is 1. The first-order valence-electron chi connectivity index (χ1n) is 7.36. The highest BCUT2D eigenvalue weighted by Crippen LogP contribution is 2.38. The molecule has 0 aliphatic heterocycles. The molecule has 0 spiro atoms. The molecular weight excluding hydrogens is 324 g/mol. The van der Waals surface area contributed by atoms with Crippen LogP contribution in [0.3, 0.4) is 0 Å². The Morgan fingerprint density at radius 2 is 1.48 bits per heavy atom. The maximum atomic E-state index is 12.3. The lowest BCUT2D eigenvalue weighted by molar-refractivity contribution is 0.0693. The molecule has 0 atom stereocenters. The molecule has 2 aromatic carbocycles. The molecule has 0 aliphatic rings. The predicted octanol–water partition coefficient (Wildman–Crippen LogP) is 3.31. The molecule has 1 N–H and O–H groups in total. The Bertz CT molecular complexity index is 797. The molecule has 0 saturated carbocycles. The van der Waals surface area contributed by atoms with E-state index in [1.54, 1.807) is 30.3 Å². The van der Waals surface area contributed by atoms with Crippen LogP contribution in [0.2, 0.25) is 0 Å². The van der Waals surface area contributed by atoms with E-state index in [0.29, 0.717) is 22.8 Å². The van der Waals surface area contributed by atoms with Crippen molar-refractivity contribution in [2.45, 2.75) is 0 Å². The summed E-state index contributed by atoms with van der Waals surface area (Å²) < 4.78 is 15.8. The van der Waals surface area contributed by atoms with Crippen molar-refractivity contribution in [2.24, 2.45) is 0 Å². The molecule has 130 valence electrons. The molecule has 0 radical (unpaired) electrons. The number of hydrogen-bond donors (Lipinski definition) is 1. The topological polar surface area (TPSA) is 82.1 Å². The second-order valence-corrected chi connectivity index (χ2v) is 5.01. The quantitative estimate of drug-likeness (QED) is 0.614. The zero-order valence-electron chi connectivity index (χ0n) is 14.1. The van der Waals surface area contributed by atoms with Crippen LogP contribution in [0.15, 0.2) is 42.5 Å². The van der Waals surface area contributed by atoms with E-state index in [4.69, 9.17) is 14.2 Å². The number of carbonyl (C=O) groups excluding carboxylic acids is 1. The standard InChI is InChI=1S/C19H18O6/c1-23-16-10-12(11-17(24-2)18(16)25-3)8-9-15(20)13-6-4-5-7-14(13)19(21)22/h4-11H,1-3H3,(H,21,22)/b9-8+. The fraction of sp³-hybridized carbons (Fsp3) is 0.158. The van der Waals surface area contributed by atoms with Crippen LogP contribution in [0.5, 0.6) is 17.2 Å². The Morgan fingerprint density at radius 3 is 1.96 bits per heavy atom. The molecule has 0 unspecified atom stereocenters. The molecule has 25 heavy (non-hydrogen) atoms. The van der Waals surface area contributed by atoms with E-state index in [1.165, 1.54) is 39.5 Å². The SMILES string of the molecule is COc1cc(/C=C/C(=O)c2ccccc2C(=O)O)cc(OC)c1OC. The van der Waals surface area contributed by atoms with Crippen molar-refractivity contribution >= 4 is 17.8 Å². The Balaban J connectivity index is 2.36. The summed E-state index contributed by atoms with van der Waals surface area (Å²) in [6, 6.07) is 9.44. The molecular formula is C19H18O6. The Labute approximate surface area is 145 Å². The predicted molar refractivity (Wildman–Crippen MR) is 92.9 cm³/mol. The van der Waals surface area contributed by atoms with E-state index >= 15 is 0 Å². The minimum atomic E-state index is -1.15. The number of benzene rings is 2. The number of allylic oxidation sites excluding steroid dienone is 1. The van der Waals surface area contributed by atoms with E-state index < -0.39 is 11.8 Å². The first-order chi connectivity index (χ1) is 12.0. The molecule has 2 aromatic rings. The lowest BCUT2D eigenvalue weighted by atomic mass is 10.0. The number of methoxy groups -OCH3 is 3. The van der Waals surface area contributed by atoms with Crippen molar-refractivity contribution in [1.29, 1.82) is 0 Å². The molecule has 0 amide bonds. The van der Waals surface area contributed by atoms with Crippen LogP contribution in [0, 0.1) is 0 Å². The third-order valence-corrected chi connectivity index (χ3v) is 3.54. The number of carboxylic acid groups (broad SMARTS) is 1. The third-order valence-electron chi connectivity index (χ3n) is 3.54. The highest BCUT2D eigenvalue weighted by Gasteiger charge is 2.15. The summed E-state index contributed by atoms with van der Waals surface area (Å²) in [7, 11) is 4.50. The average Bonchev–Trinajstić information content (AvgIpc) is 2.64. The third kappa shape index (κ3) is 3.98. The summed E-state index contributed by atoms with van der Waals surface area (Å²) in [5, 5.41) is 9.17. The first kappa shape index (κ1) is 18.1. The van der Waals surface area contributed by atoms with E-state index in [9.17, 15) is 14.7 Å². The maximum Gasteiger partial charge on any atom is 0.336 e. The number of ether oxygens (including phenoxy) is 3. The molecule has 2 rings (SSSR count). The van der Waals surface area contributed by atoms with Gasteiger partial charge in [0.15, 0.2) is 17.3 Å². The van der Waals surface area contributed by atoms with Crippen molar-refractivity contribution in [3.63, 3.8) is 0 Å². The Hall–Kier alpha value is -3.28. The fourth-order valence-corrected chi connectivity index (χ4v) is 2.34. The second-order valence-electron chi connectivity index (χ2n) is 5.01. The van der Waals surface area contributed by atoms with Gasteiger partial charge in [0.1, 0.15) is 0 Å². The lowest BCUT2D eigenvalue weighted by Gasteiger charge is -2.12. The van der Waals surface area contributed by atoms with Gasteiger partial charge in [-0.1, -0.05) is 24.3 Å². The van der Waals surface area contributed by atoms with Crippen molar-refractivity contribution < 1.29 is 28.9 Å². The van der Waals surface area contributed by atoms with Crippen LogP contribution in [-0.4, -0.2) is 38.2 Å². The summed E-state index contributed by atoms with van der Waals surface area (Å²) in [6.07, 6.45) is 2.87. The number of aromatic carboxylic acids is 1. The van der Waals surface area contributed by atoms with Gasteiger partial charge in [0.05, 0.1) is 26.9 Å². The van der Waals surface area contributed by atoms with E-state index in [2.05, 4.69) is 0 Å². The summed E-state index contributed by atoms with van der Waals surface area (Å²) in [5.41, 5.74) is 0.733. The lowest BCUT2D eigenvalue weighted by Crippen LogP contribution is -2.06. The minimum Gasteiger partial charge on any atom is -0.493 e. The van der Waals surface area contributed by atoms with Gasteiger partial charge in [-0.25, -0.2) is 4.79 Å². The number of hydrogen-bond acceptors (Lipinski definition) is 5. The van der Waals surface area contributed by atoms with E-state index in [1.807, 2.05) is 0 Å². The van der Waals surface area contributed by atoms with Gasteiger partial charge in [0.25, 0.3) is 0 Å². The van der Waals surface area contributed by atoms with Crippen LogP contribution >= 0.6 is 0 Å². The highest BCUT2D eigenvalue weighted by atomic mass is 16.5. The van der Waals surface area contributed by atoms with Crippen LogP contribution < -0.4 is 14.2 Å². The van der Waals surface area contributed by atoms with E-state index in [0.717, 1.165) is 0 Å². The first-order valence-corrected chi connectivity index (χ1v) is 7.36. The van der Waals surface area contributed by atoms with Gasteiger partial charge in [-0.2, -0.15) is 0 Å². The maximum absolute atomic E-state index is 12.3. The number of carboxylic acids is 1. The summed E-state index contributed by atoms with van der Waals surface area (Å²) in [4.78, 5) is 23.6. The van der Waals surface area contributed by atoms with Gasteiger partial charge in [0.2, 0.25) is 5.75 Å². The molecule has 6 nitrogen and oxygen atoms in total.